The van der Waals surface area contributed by atoms with Crippen LogP contribution in [-0.2, 0) is 24.7 Å². The van der Waals surface area contributed by atoms with Gasteiger partial charge in [0, 0.05) is 6.26 Å². The molecule has 1 amide bonds. The van der Waals surface area contributed by atoms with E-state index in [-0.39, 0.29) is 9.79 Å². The number of sulfonamides is 1. The van der Waals surface area contributed by atoms with E-state index in [9.17, 15) is 21.6 Å². The van der Waals surface area contributed by atoms with Crippen LogP contribution >= 0.6 is 0 Å². The summed E-state index contributed by atoms with van der Waals surface area (Å²) in [7, 11) is -7.33. The van der Waals surface area contributed by atoms with Gasteiger partial charge in [-0.25, -0.2) is 16.8 Å². The van der Waals surface area contributed by atoms with Crippen molar-refractivity contribution in [1.82, 2.24) is 5.32 Å². The van der Waals surface area contributed by atoms with E-state index >= 15 is 0 Å². The highest BCUT2D eigenvalue weighted by Gasteiger charge is 2.28. The summed E-state index contributed by atoms with van der Waals surface area (Å²) in [6, 6.07) is 19.3. The van der Waals surface area contributed by atoms with Gasteiger partial charge in [-0.15, -0.1) is 0 Å². The quantitative estimate of drug-likeness (QED) is 0.462. The maximum Gasteiger partial charge on any atom is 0.264 e. The Morgan fingerprint density at radius 1 is 0.800 bits per heavy atom. The van der Waals surface area contributed by atoms with E-state index in [1.54, 1.807) is 48.5 Å². The van der Waals surface area contributed by atoms with Crippen LogP contribution in [0.4, 0.5) is 5.69 Å². The summed E-state index contributed by atoms with van der Waals surface area (Å²) in [6.45, 7) is 5.25. The monoisotopic (exact) mass is 514 g/mol. The number of amides is 1. The molecule has 35 heavy (non-hydrogen) atoms. The van der Waals surface area contributed by atoms with E-state index in [0.29, 0.717) is 12.1 Å². The second kappa shape index (κ2) is 10.6. The third-order valence-electron chi connectivity index (χ3n) is 5.67. The van der Waals surface area contributed by atoms with E-state index in [2.05, 4.69) is 5.32 Å². The van der Waals surface area contributed by atoms with Gasteiger partial charge in [0.15, 0.2) is 9.84 Å². The number of nitrogens with one attached hydrogen (secondary N) is 1. The van der Waals surface area contributed by atoms with Crippen LogP contribution in [0.25, 0.3) is 0 Å². The van der Waals surface area contributed by atoms with Crippen LogP contribution in [0, 0.1) is 13.8 Å². The summed E-state index contributed by atoms with van der Waals surface area (Å²) in [6.07, 6.45) is 1.68. The molecule has 1 atom stereocenters. The lowest BCUT2D eigenvalue weighted by Crippen LogP contribution is -2.42. The Labute approximate surface area is 207 Å². The Morgan fingerprint density at radius 2 is 1.29 bits per heavy atom. The summed E-state index contributed by atoms with van der Waals surface area (Å²) < 4.78 is 51.6. The third kappa shape index (κ3) is 6.49. The molecule has 3 aromatic carbocycles. The van der Waals surface area contributed by atoms with Gasteiger partial charge in [0.2, 0.25) is 5.91 Å². The fourth-order valence-corrected chi connectivity index (χ4v) is 5.65. The van der Waals surface area contributed by atoms with Crippen LogP contribution in [-0.4, -0.2) is 35.5 Å². The first kappa shape index (κ1) is 26.4. The van der Waals surface area contributed by atoms with Crippen LogP contribution in [0.5, 0.6) is 0 Å². The van der Waals surface area contributed by atoms with Crippen molar-refractivity contribution in [1.29, 1.82) is 0 Å². The number of nitrogens with zero attached hydrogens (tertiary/aromatic N) is 1. The average Bonchev–Trinajstić information content (AvgIpc) is 2.81. The molecule has 0 spiro atoms. The number of sulfone groups is 1. The lowest BCUT2D eigenvalue weighted by molar-refractivity contribution is -0.120. The first-order valence-corrected chi connectivity index (χ1v) is 14.5. The molecule has 186 valence electrons. The summed E-state index contributed by atoms with van der Waals surface area (Å²) in [5, 5.41) is 2.89. The van der Waals surface area contributed by atoms with Crippen molar-refractivity contribution < 1.29 is 21.6 Å². The van der Waals surface area contributed by atoms with Crippen molar-refractivity contribution in [2.24, 2.45) is 0 Å². The van der Waals surface area contributed by atoms with Crippen molar-refractivity contribution in [2.45, 2.75) is 43.0 Å². The van der Waals surface area contributed by atoms with Gasteiger partial charge in [0.05, 0.1) is 21.5 Å². The number of carbonyl (C=O) groups excluding carboxylic acids is 1. The van der Waals surface area contributed by atoms with Crippen LogP contribution < -0.4 is 9.62 Å². The Kier molecular flexibility index (Phi) is 8.02. The SMILES string of the molecule is CCC(NC(=O)CN(c1ccc(C)cc1)S(=O)(=O)c1ccc(C)cc1)c1ccc(S(C)(=O)=O)cc1. The van der Waals surface area contributed by atoms with Crippen LogP contribution in [0.2, 0.25) is 0 Å². The highest BCUT2D eigenvalue weighted by molar-refractivity contribution is 7.93. The summed E-state index contributed by atoms with van der Waals surface area (Å²) in [5.41, 5.74) is 3.01. The molecule has 3 aromatic rings. The molecular weight excluding hydrogens is 484 g/mol. The Morgan fingerprint density at radius 3 is 1.77 bits per heavy atom. The normalized spacial score (nSPS) is 12.7. The number of aryl methyl sites for hydroxylation is 2. The Balaban J connectivity index is 1.88. The lowest BCUT2D eigenvalue weighted by Gasteiger charge is -2.26. The van der Waals surface area contributed by atoms with Crippen molar-refractivity contribution in [3.8, 4) is 0 Å². The van der Waals surface area contributed by atoms with E-state index in [1.807, 2.05) is 20.8 Å². The molecule has 0 saturated heterocycles. The van der Waals surface area contributed by atoms with Gasteiger partial charge in [0.1, 0.15) is 6.54 Å². The van der Waals surface area contributed by atoms with E-state index in [4.69, 9.17) is 0 Å². The molecule has 0 saturated carbocycles. The Hall–Kier alpha value is -3.17. The number of anilines is 1. The fraction of sp³-hybridized carbons (Fsp3) is 0.269. The molecule has 9 heteroatoms. The van der Waals surface area contributed by atoms with Gasteiger partial charge in [0.25, 0.3) is 10.0 Å². The van der Waals surface area contributed by atoms with Gasteiger partial charge >= 0.3 is 0 Å². The standard InChI is InChI=1S/C26H30N2O5S2/c1-5-25(21-10-16-23(17-11-21)34(4,30)31)27-26(29)18-28(22-12-6-19(2)7-13-22)35(32,33)24-14-8-20(3)9-15-24/h6-17,25H,5,18H2,1-4H3,(H,27,29). The van der Waals surface area contributed by atoms with Crippen LogP contribution in [0.15, 0.2) is 82.6 Å². The Bertz CT molecular complexity index is 1380. The molecule has 3 rings (SSSR count). The average molecular weight is 515 g/mol. The topological polar surface area (TPSA) is 101 Å². The molecule has 0 aliphatic rings. The molecule has 0 aliphatic carbocycles. The fourth-order valence-electron chi connectivity index (χ4n) is 3.60. The highest BCUT2D eigenvalue weighted by atomic mass is 32.2. The number of hydrogen-bond acceptors (Lipinski definition) is 5. The maximum absolute atomic E-state index is 13.5. The lowest BCUT2D eigenvalue weighted by atomic mass is 10.0. The van der Waals surface area contributed by atoms with Crippen molar-refractivity contribution in [3.63, 3.8) is 0 Å². The molecule has 0 heterocycles. The zero-order chi connectivity index (χ0) is 25.8. The summed E-state index contributed by atoms with van der Waals surface area (Å²) >= 11 is 0. The molecule has 0 fully saturated rings. The van der Waals surface area contributed by atoms with Gasteiger partial charge in [-0.3, -0.25) is 9.10 Å². The van der Waals surface area contributed by atoms with Crippen LogP contribution in [0.3, 0.4) is 0 Å². The minimum absolute atomic E-state index is 0.0971. The van der Waals surface area contributed by atoms with Crippen molar-refractivity contribution in [2.75, 3.05) is 17.1 Å². The number of carbonyl (C=O) groups is 1. The molecular formula is C26H30N2O5S2. The number of hydrogen-bond donors (Lipinski definition) is 1. The van der Waals surface area contributed by atoms with E-state index in [0.717, 1.165) is 27.3 Å². The van der Waals surface area contributed by atoms with E-state index in [1.165, 1.54) is 24.3 Å². The highest BCUT2D eigenvalue weighted by Crippen LogP contribution is 2.25. The molecule has 0 aromatic heterocycles. The largest absolute Gasteiger partial charge is 0.348 e. The third-order valence-corrected chi connectivity index (χ3v) is 8.59. The zero-order valence-electron chi connectivity index (χ0n) is 20.2. The predicted molar refractivity (Wildman–Crippen MR) is 138 cm³/mol. The molecule has 0 aliphatic heterocycles. The number of rotatable bonds is 9. The number of benzene rings is 3. The minimum atomic E-state index is -4.00. The van der Waals surface area contributed by atoms with Crippen LogP contribution in [0.1, 0.15) is 36.1 Å². The maximum atomic E-state index is 13.5. The van der Waals surface area contributed by atoms with Gasteiger partial charge in [-0.1, -0.05) is 54.4 Å². The molecule has 0 radical (unpaired) electrons. The summed E-state index contributed by atoms with van der Waals surface area (Å²) in [4.78, 5) is 13.4. The molecule has 7 nitrogen and oxygen atoms in total. The van der Waals surface area contributed by atoms with Gasteiger partial charge in [-0.05, 0) is 62.2 Å². The summed E-state index contributed by atoms with van der Waals surface area (Å²) in [5.74, 6) is -0.472. The van der Waals surface area contributed by atoms with E-state index < -0.39 is 38.4 Å². The minimum Gasteiger partial charge on any atom is -0.348 e. The van der Waals surface area contributed by atoms with Gasteiger partial charge in [-0.2, -0.15) is 0 Å². The first-order valence-electron chi connectivity index (χ1n) is 11.2. The molecule has 1 unspecified atom stereocenters. The zero-order valence-corrected chi connectivity index (χ0v) is 21.9. The molecule has 0 bridgehead atoms. The van der Waals surface area contributed by atoms with Crippen molar-refractivity contribution in [3.05, 3.63) is 89.5 Å². The second-order valence-corrected chi connectivity index (χ2v) is 12.4. The second-order valence-electron chi connectivity index (χ2n) is 8.53. The smallest absolute Gasteiger partial charge is 0.264 e. The molecule has 1 N–H and O–H groups in total. The first-order chi connectivity index (χ1) is 16.4. The van der Waals surface area contributed by atoms with Crippen molar-refractivity contribution >= 4 is 31.5 Å². The predicted octanol–water partition coefficient (Wildman–Crippen LogP) is 4.17. The van der Waals surface area contributed by atoms with Gasteiger partial charge < -0.3 is 5.32 Å².